The van der Waals surface area contributed by atoms with Crippen molar-refractivity contribution in [2.75, 3.05) is 25.1 Å². The number of hydrogen-bond donors (Lipinski definition) is 1. The summed E-state index contributed by atoms with van der Waals surface area (Å²) >= 11 is 0. The van der Waals surface area contributed by atoms with Crippen LogP contribution in [-0.4, -0.2) is 58.0 Å². The van der Waals surface area contributed by atoms with Gasteiger partial charge in [0.25, 0.3) is 10.0 Å². The lowest BCUT2D eigenvalue weighted by Gasteiger charge is -2.34. The Bertz CT molecular complexity index is 1780. The molecule has 4 rings (SSSR count). The Balaban J connectivity index is 1.84. The Morgan fingerprint density at radius 1 is 0.854 bits per heavy atom. The van der Waals surface area contributed by atoms with Crippen LogP contribution in [0.2, 0.25) is 0 Å². The van der Waals surface area contributed by atoms with Gasteiger partial charge >= 0.3 is 0 Å². The highest BCUT2D eigenvalue weighted by atomic mass is 32.2. The minimum absolute atomic E-state index is 0.0175. The van der Waals surface area contributed by atoms with E-state index in [9.17, 15) is 22.4 Å². The molecule has 4 aromatic carbocycles. The summed E-state index contributed by atoms with van der Waals surface area (Å²) in [5.74, 6) is -0.823. The molecule has 0 aliphatic rings. The highest BCUT2D eigenvalue weighted by Gasteiger charge is 2.35. The van der Waals surface area contributed by atoms with Gasteiger partial charge in [0, 0.05) is 25.1 Å². The molecule has 2 unspecified atom stereocenters. The number of carbonyl (C=O) groups excluding carboxylic acids is 2. The van der Waals surface area contributed by atoms with Crippen molar-refractivity contribution in [3.8, 4) is 11.5 Å². The van der Waals surface area contributed by atoms with Gasteiger partial charge in [-0.3, -0.25) is 13.9 Å². The number of nitrogens with one attached hydrogen (secondary N) is 1. The molecule has 0 aliphatic carbocycles. The van der Waals surface area contributed by atoms with Gasteiger partial charge < -0.3 is 19.7 Å². The SMILES string of the molecule is CCC(C)NC(=O)C(Cc1ccccc1)N(Cc1ccc(F)cc1)C(=O)CN(c1ccc(OC)c(OC)c1)S(=O)(=O)c1ccc(C)cc1. The molecule has 2 amide bonds. The predicted molar refractivity (Wildman–Crippen MR) is 184 cm³/mol. The number of halogens is 1. The highest BCUT2D eigenvalue weighted by Crippen LogP contribution is 2.34. The fraction of sp³-hybridized carbons (Fsp3) is 0.297. The minimum atomic E-state index is -4.31. The molecule has 0 spiro atoms. The summed E-state index contributed by atoms with van der Waals surface area (Å²) in [6.45, 7) is 4.94. The normalized spacial score (nSPS) is 12.5. The molecule has 1 N–H and O–H groups in total. The molecule has 0 saturated carbocycles. The summed E-state index contributed by atoms with van der Waals surface area (Å²) in [5.41, 5.74) is 2.40. The molecule has 9 nitrogen and oxygen atoms in total. The van der Waals surface area contributed by atoms with Gasteiger partial charge in [-0.05, 0) is 67.8 Å². The number of rotatable bonds is 15. The van der Waals surface area contributed by atoms with Gasteiger partial charge in [-0.1, -0.05) is 67.1 Å². The van der Waals surface area contributed by atoms with Crippen molar-refractivity contribution in [2.45, 2.75) is 57.1 Å². The maximum Gasteiger partial charge on any atom is 0.264 e. The van der Waals surface area contributed by atoms with E-state index >= 15 is 0 Å². The third-order valence-electron chi connectivity index (χ3n) is 8.08. The standard InChI is InChI=1S/C37H42FN3O6S/c1-6-27(3)39-37(43)33(22-28-10-8-7-9-11-28)40(24-29-14-16-30(38)17-15-29)36(42)25-41(31-18-21-34(46-4)35(23-31)47-5)48(44,45)32-19-12-26(2)13-20-32/h7-21,23,27,33H,6,22,24-25H2,1-5H3,(H,39,43). The van der Waals surface area contributed by atoms with Crippen molar-refractivity contribution in [3.05, 3.63) is 120 Å². The van der Waals surface area contributed by atoms with Crippen LogP contribution in [0.4, 0.5) is 10.1 Å². The minimum Gasteiger partial charge on any atom is -0.493 e. The molecule has 0 aromatic heterocycles. The first-order valence-corrected chi connectivity index (χ1v) is 17.1. The average Bonchev–Trinajstić information content (AvgIpc) is 3.09. The lowest BCUT2D eigenvalue weighted by Crippen LogP contribution is -2.54. The van der Waals surface area contributed by atoms with E-state index in [1.54, 1.807) is 18.2 Å². The smallest absolute Gasteiger partial charge is 0.264 e. The van der Waals surface area contributed by atoms with E-state index in [4.69, 9.17) is 9.47 Å². The molecule has 0 saturated heterocycles. The van der Waals surface area contributed by atoms with Crippen molar-refractivity contribution in [1.29, 1.82) is 0 Å². The molecule has 2 atom stereocenters. The molecule has 48 heavy (non-hydrogen) atoms. The lowest BCUT2D eigenvalue weighted by atomic mass is 10.0. The largest absolute Gasteiger partial charge is 0.493 e. The topological polar surface area (TPSA) is 105 Å². The Kier molecular flexibility index (Phi) is 12.2. The molecular weight excluding hydrogens is 633 g/mol. The molecule has 0 fully saturated rings. The van der Waals surface area contributed by atoms with Crippen molar-refractivity contribution >= 4 is 27.5 Å². The van der Waals surface area contributed by atoms with Crippen molar-refractivity contribution < 1.29 is 31.9 Å². The van der Waals surface area contributed by atoms with Crippen molar-refractivity contribution in [2.24, 2.45) is 0 Å². The molecule has 4 aromatic rings. The third-order valence-corrected chi connectivity index (χ3v) is 9.87. The van der Waals surface area contributed by atoms with Crippen LogP contribution in [0.5, 0.6) is 11.5 Å². The first-order chi connectivity index (χ1) is 23.0. The van der Waals surface area contributed by atoms with Gasteiger partial charge in [0.2, 0.25) is 11.8 Å². The van der Waals surface area contributed by atoms with Crippen LogP contribution < -0.4 is 19.1 Å². The van der Waals surface area contributed by atoms with Crippen LogP contribution in [0.25, 0.3) is 0 Å². The van der Waals surface area contributed by atoms with E-state index in [0.29, 0.717) is 17.7 Å². The number of amides is 2. The van der Waals surface area contributed by atoms with Crippen LogP contribution in [-0.2, 0) is 32.6 Å². The molecule has 0 bridgehead atoms. The second-order valence-corrected chi connectivity index (χ2v) is 13.4. The van der Waals surface area contributed by atoms with Gasteiger partial charge in [-0.25, -0.2) is 12.8 Å². The Morgan fingerprint density at radius 3 is 2.10 bits per heavy atom. The summed E-state index contributed by atoms with van der Waals surface area (Å²) < 4.78 is 54.3. The quantitative estimate of drug-likeness (QED) is 0.168. The van der Waals surface area contributed by atoms with Crippen molar-refractivity contribution in [1.82, 2.24) is 10.2 Å². The van der Waals surface area contributed by atoms with Gasteiger partial charge in [-0.2, -0.15) is 0 Å². The number of anilines is 1. The van der Waals surface area contributed by atoms with Gasteiger partial charge in [0.15, 0.2) is 11.5 Å². The van der Waals surface area contributed by atoms with Gasteiger partial charge in [-0.15, -0.1) is 0 Å². The predicted octanol–water partition coefficient (Wildman–Crippen LogP) is 5.90. The number of ether oxygens (including phenoxy) is 2. The first kappa shape index (κ1) is 35.9. The summed E-state index contributed by atoms with van der Waals surface area (Å²) in [4.78, 5) is 29.9. The number of aryl methyl sites for hydroxylation is 1. The first-order valence-electron chi connectivity index (χ1n) is 15.7. The third kappa shape index (κ3) is 8.92. The summed E-state index contributed by atoms with van der Waals surface area (Å²) in [5, 5.41) is 3.00. The van der Waals surface area contributed by atoms with Gasteiger partial charge in [0.05, 0.1) is 24.8 Å². The lowest BCUT2D eigenvalue weighted by molar-refractivity contribution is -0.140. The highest BCUT2D eigenvalue weighted by molar-refractivity contribution is 7.92. The zero-order chi connectivity index (χ0) is 34.8. The van der Waals surface area contributed by atoms with E-state index in [2.05, 4.69) is 5.32 Å². The van der Waals surface area contributed by atoms with Crippen LogP contribution in [0.1, 0.15) is 37.0 Å². The van der Waals surface area contributed by atoms with E-state index in [-0.39, 0.29) is 41.2 Å². The number of methoxy groups -OCH3 is 2. The van der Waals surface area contributed by atoms with Crippen LogP contribution in [0, 0.1) is 12.7 Å². The van der Waals surface area contributed by atoms with E-state index < -0.39 is 34.3 Å². The maximum absolute atomic E-state index is 14.6. The molecule has 0 radical (unpaired) electrons. The second kappa shape index (κ2) is 16.3. The average molecular weight is 676 g/mol. The summed E-state index contributed by atoms with van der Waals surface area (Å²) in [6, 6.07) is 24.6. The van der Waals surface area contributed by atoms with Crippen LogP contribution in [0.15, 0.2) is 102 Å². The Hall–Kier alpha value is -4.90. The Labute approximate surface area is 282 Å². The van der Waals surface area contributed by atoms with Crippen LogP contribution in [0.3, 0.4) is 0 Å². The van der Waals surface area contributed by atoms with E-state index in [0.717, 1.165) is 15.4 Å². The van der Waals surface area contributed by atoms with E-state index in [1.807, 2.05) is 51.1 Å². The Morgan fingerprint density at radius 2 is 1.50 bits per heavy atom. The fourth-order valence-corrected chi connectivity index (χ4v) is 6.53. The zero-order valence-corrected chi connectivity index (χ0v) is 28.7. The summed E-state index contributed by atoms with van der Waals surface area (Å²) in [7, 11) is -1.42. The molecule has 254 valence electrons. The monoisotopic (exact) mass is 675 g/mol. The number of hydrogen-bond acceptors (Lipinski definition) is 6. The number of benzene rings is 4. The number of sulfonamides is 1. The van der Waals surface area contributed by atoms with Crippen molar-refractivity contribution in [3.63, 3.8) is 0 Å². The molecule has 11 heteroatoms. The molecule has 0 aliphatic heterocycles. The molecular formula is C37H42FN3O6S. The second-order valence-electron chi connectivity index (χ2n) is 11.5. The summed E-state index contributed by atoms with van der Waals surface area (Å²) in [6.07, 6.45) is 0.828. The number of carbonyl (C=O) groups is 2. The van der Waals surface area contributed by atoms with Crippen LogP contribution >= 0.6 is 0 Å². The molecule has 0 heterocycles. The van der Waals surface area contributed by atoms with E-state index in [1.165, 1.54) is 67.7 Å². The zero-order valence-electron chi connectivity index (χ0n) is 27.9. The number of nitrogens with zero attached hydrogens (tertiary/aromatic N) is 2. The maximum atomic E-state index is 14.6. The van der Waals surface area contributed by atoms with Gasteiger partial charge in [0.1, 0.15) is 18.4 Å². The fourth-order valence-electron chi connectivity index (χ4n) is 5.13.